The van der Waals surface area contributed by atoms with Gasteiger partial charge >= 0.3 is 5.97 Å². The van der Waals surface area contributed by atoms with Gasteiger partial charge in [0.25, 0.3) is 5.91 Å². The fourth-order valence-electron chi connectivity index (χ4n) is 3.46. The number of hydrogen-bond acceptors (Lipinski definition) is 4. The number of hydrogen-bond donors (Lipinski definition) is 2. The highest BCUT2D eigenvalue weighted by Gasteiger charge is 2.28. The second kappa shape index (κ2) is 8.78. The molecule has 0 heterocycles. The number of benzene rings is 3. The fourth-order valence-corrected chi connectivity index (χ4v) is 3.46. The number of methoxy groups -OCH3 is 1. The zero-order valence-corrected chi connectivity index (χ0v) is 16.9. The Kier molecular flexibility index (Phi) is 6.17. The maximum Gasteiger partial charge on any atom is 0.328 e. The number of nitrogens with two attached hydrogens (primary N) is 1. The van der Waals surface area contributed by atoms with Gasteiger partial charge < -0.3 is 15.8 Å². The predicted molar refractivity (Wildman–Crippen MR) is 117 cm³/mol. The lowest BCUT2D eigenvalue weighted by Crippen LogP contribution is -2.45. The van der Waals surface area contributed by atoms with Crippen molar-refractivity contribution >= 4 is 28.3 Å². The molecule has 0 bridgehead atoms. The Hall–Kier alpha value is -3.34. The second-order valence-electron chi connectivity index (χ2n) is 7.19. The van der Waals surface area contributed by atoms with Crippen LogP contribution in [0.15, 0.2) is 60.7 Å². The van der Waals surface area contributed by atoms with E-state index in [2.05, 4.69) is 5.32 Å². The molecule has 5 heteroatoms. The van der Waals surface area contributed by atoms with Gasteiger partial charge in [0.05, 0.1) is 7.11 Å². The van der Waals surface area contributed by atoms with Crippen molar-refractivity contribution < 1.29 is 14.3 Å². The summed E-state index contributed by atoms with van der Waals surface area (Å²) in [5.41, 5.74) is 8.72. The van der Waals surface area contributed by atoms with E-state index in [1.807, 2.05) is 56.3 Å². The molecule has 0 fully saturated rings. The molecule has 3 rings (SSSR count). The molecular formula is C24H26N2O3. The number of anilines is 1. The third kappa shape index (κ3) is 4.24. The molecule has 1 unspecified atom stereocenters. The molecule has 29 heavy (non-hydrogen) atoms. The molecule has 0 aliphatic rings. The van der Waals surface area contributed by atoms with Gasteiger partial charge in [0, 0.05) is 11.3 Å². The minimum Gasteiger partial charge on any atom is -0.467 e. The quantitative estimate of drug-likeness (QED) is 0.483. The van der Waals surface area contributed by atoms with Gasteiger partial charge in [0.1, 0.15) is 6.04 Å². The average Bonchev–Trinajstić information content (AvgIpc) is 2.75. The third-order valence-electron chi connectivity index (χ3n) is 5.32. The summed E-state index contributed by atoms with van der Waals surface area (Å²) >= 11 is 0. The largest absolute Gasteiger partial charge is 0.467 e. The molecule has 0 radical (unpaired) electrons. The number of carbonyl (C=O) groups is 2. The van der Waals surface area contributed by atoms with Crippen molar-refractivity contribution in [2.75, 3.05) is 12.8 Å². The molecule has 0 aliphatic carbocycles. The minimum atomic E-state index is -0.713. The lowest BCUT2D eigenvalue weighted by atomic mass is 9.93. The van der Waals surface area contributed by atoms with Crippen LogP contribution in [0.5, 0.6) is 0 Å². The number of esters is 1. The van der Waals surface area contributed by atoms with Crippen LogP contribution in [0.4, 0.5) is 5.69 Å². The topological polar surface area (TPSA) is 81.4 Å². The number of nitrogen functional groups attached to an aromatic ring is 1. The summed E-state index contributed by atoms with van der Waals surface area (Å²) in [6.45, 7) is 3.88. The molecule has 150 valence electrons. The Morgan fingerprint density at radius 2 is 1.76 bits per heavy atom. The molecule has 1 amide bonds. The van der Waals surface area contributed by atoms with Gasteiger partial charge in [-0.05, 0) is 46.0 Å². The van der Waals surface area contributed by atoms with Crippen molar-refractivity contribution in [3.05, 3.63) is 66.2 Å². The third-order valence-corrected chi connectivity index (χ3v) is 5.32. The molecule has 0 spiro atoms. The second-order valence-corrected chi connectivity index (χ2v) is 7.19. The lowest BCUT2D eigenvalue weighted by Gasteiger charge is -2.22. The van der Waals surface area contributed by atoms with Crippen LogP contribution in [0.2, 0.25) is 0 Å². The highest BCUT2D eigenvalue weighted by Crippen LogP contribution is 2.32. The Morgan fingerprint density at radius 1 is 1.03 bits per heavy atom. The monoisotopic (exact) mass is 390 g/mol. The van der Waals surface area contributed by atoms with E-state index in [0.29, 0.717) is 11.3 Å². The van der Waals surface area contributed by atoms with Crippen molar-refractivity contribution in [3.63, 3.8) is 0 Å². The Balaban J connectivity index is 2.07. The molecule has 0 aromatic heterocycles. The molecule has 0 saturated carbocycles. The number of carbonyl (C=O) groups excluding carboxylic acids is 2. The van der Waals surface area contributed by atoms with Gasteiger partial charge in [0.15, 0.2) is 0 Å². The summed E-state index contributed by atoms with van der Waals surface area (Å²) < 4.78 is 4.89. The van der Waals surface area contributed by atoms with E-state index < -0.39 is 12.0 Å². The predicted octanol–water partition coefficient (Wildman–Crippen LogP) is 4.41. The highest BCUT2D eigenvalue weighted by molar-refractivity contribution is 6.07. The van der Waals surface area contributed by atoms with Crippen LogP contribution in [-0.4, -0.2) is 25.0 Å². The van der Waals surface area contributed by atoms with Crippen molar-refractivity contribution in [2.45, 2.75) is 26.3 Å². The summed E-state index contributed by atoms with van der Waals surface area (Å²) in [5, 5.41) is 4.96. The standard InChI is InChI=1S/C24H26N2O3/c1-4-15(2)22(24(28)29-3)26-23(27)20-13-12-17(25)14-21(20)19-11-7-9-16-8-5-6-10-18(16)19/h5-15,22H,4,25H2,1-3H3,(H,26,27)/t15?,22-/m0/s1. The van der Waals surface area contributed by atoms with Crippen LogP contribution < -0.4 is 11.1 Å². The summed E-state index contributed by atoms with van der Waals surface area (Å²) in [7, 11) is 1.33. The van der Waals surface area contributed by atoms with E-state index in [0.717, 1.165) is 28.3 Å². The van der Waals surface area contributed by atoms with Crippen molar-refractivity contribution in [2.24, 2.45) is 5.92 Å². The Morgan fingerprint density at radius 3 is 2.48 bits per heavy atom. The summed E-state index contributed by atoms with van der Waals surface area (Å²) in [6, 6.07) is 18.4. The lowest BCUT2D eigenvalue weighted by molar-refractivity contribution is -0.144. The van der Waals surface area contributed by atoms with Crippen LogP contribution in [0.3, 0.4) is 0 Å². The van der Waals surface area contributed by atoms with Gasteiger partial charge in [-0.2, -0.15) is 0 Å². The first-order valence-corrected chi connectivity index (χ1v) is 9.72. The Labute approximate surface area is 170 Å². The summed E-state index contributed by atoms with van der Waals surface area (Å²) in [4.78, 5) is 25.4. The number of rotatable bonds is 6. The number of amides is 1. The average molecular weight is 390 g/mol. The molecule has 3 aromatic carbocycles. The molecule has 0 saturated heterocycles. The molecule has 5 nitrogen and oxygen atoms in total. The van der Waals surface area contributed by atoms with Crippen LogP contribution >= 0.6 is 0 Å². The highest BCUT2D eigenvalue weighted by atomic mass is 16.5. The van der Waals surface area contributed by atoms with E-state index in [1.54, 1.807) is 18.2 Å². The first-order chi connectivity index (χ1) is 14.0. The van der Waals surface area contributed by atoms with Gasteiger partial charge in [0.2, 0.25) is 0 Å². The normalized spacial score (nSPS) is 12.9. The van der Waals surface area contributed by atoms with Gasteiger partial charge in [-0.25, -0.2) is 4.79 Å². The van der Waals surface area contributed by atoms with E-state index in [1.165, 1.54) is 7.11 Å². The summed E-state index contributed by atoms with van der Waals surface area (Å²) in [6.07, 6.45) is 0.734. The number of fused-ring (bicyclic) bond motifs is 1. The van der Waals surface area contributed by atoms with Crippen molar-refractivity contribution in [1.82, 2.24) is 5.32 Å². The van der Waals surface area contributed by atoms with Crippen LogP contribution in [0, 0.1) is 5.92 Å². The van der Waals surface area contributed by atoms with Gasteiger partial charge in [-0.15, -0.1) is 0 Å². The maximum absolute atomic E-state index is 13.2. The van der Waals surface area contributed by atoms with E-state index >= 15 is 0 Å². The molecule has 0 aliphatic heterocycles. The molecule has 2 atom stereocenters. The zero-order valence-electron chi connectivity index (χ0n) is 16.9. The smallest absolute Gasteiger partial charge is 0.328 e. The van der Waals surface area contributed by atoms with Gasteiger partial charge in [-0.3, -0.25) is 4.79 Å². The van der Waals surface area contributed by atoms with Crippen LogP contribution in [-0.2, 0) is 9.53 Å². The molecule has 3 N–H and O–H groups in total. The van der Waals surface area contributed by atoms with Crippen LogP contribution in [0.25, 0.3) is 21.9 Å². The van der Waals surface area contributed by atoms with Crippen molar-refractivity contribution in [1.29, 1.82) is 0 Å². The number of ether oxygens (including phenoxy) is 1. The summed E-state index contributed by atoms with van der Waals surface area (Å²) in [5.74, 6) is -0.834. The van der Waals surface area contributed by atoms with Crippen LogP contribution in [0.1, 0.15) is 30.6 Å². The van der Waals surface area contributed by atoms with Crippen molar-refractivity contribution in [3.8, 4) is 11.1 Å². The zero-order chi connectivity index (χ0) is 21.0. The maximum atomic E-state index is 13.2. The molecular weight excluding hydrogens is 364 g/mol. The first kappa shape index (κ1) is 20.4. The van der Waals surface area contributed by atoms with E-state index in [4.69, 9.17) is 10.5 Å². The van der Waals surface area contributed by atoms with E-state index in [9.17, 15) is 9.59 Å². The Bertz CT molecular complexity index is 1040. The van der Waals surface area contributed by atoms with Gasteiger partial charge in [-0.1, -0.05) is 62.7 Å². The SMILES string of the molecule is CCC(C)[C@H](NC(=O)c1ccc(N)cc1-c1cccc2ccccc12)C(=O)OC. The molecule has 3 aromatic rings. The first-order valence-electron chi connectivity index (χ1n) is 9.72. The number of nitrogens with one attached hydrogen (secondary N) is 1. The minimum absolute atomic E-state index is 0.0545. The van der Waals surface area contributed by atoms with E-state index in [-0.39, 0.29) is 11.8 Å². The fraction of sp³-hybridized carbons (Fsp3) is 0.250.